The fourth-order valence-electron chi connectivity index (χ4n) is 1.11. The molecule has 0 radical (unpaired) electrons. The van der Waals surface area contributed by atoms with Gasteiger partial charge in [0.15, 0.2) is 0 Å². The molecule has 1 rings (SSSR count). The van der Waals surface area contributed by atoms with Crippen molar-refractivity contribution in [3.05, 3.63) is 18.2 Å². The van der Waals surface area contributed by atoms with Gasteiger partial charge in [0.1, 0.15) is 6.04 Å². The van der Waals surface area contributed by atoms with Gasteiger partial charge in [0.05, 0.1) is 24.3 Å². The van der Waals surface area contributed by atoms with Crippen LogP contribution in [0.25, 0.3) is 0 Å². The first-order valence-corrected chi connectivity index (χ1v) is 6.38. The third-order valence-corrected chi connectivity index (χ3v) is 3.33. The summed E-state index contributed by atoms with van der Waals surface area (Å²) in [5.74, 6) is -2.01. The van der Waals surface area contributed by atoms with E-state index in [9.17, 15) is 13.2 Å². The molecule has 0 aliphatic rings. The van der Waals surface area contributed by atoms with Crippen LogP contribution in [0.5, 0.6) is 0 Å². The molecule has 1 atom stereocenters. The van der Waals surface area contributed by atoms with Crippen LogP contribution >= 0.6 is 0 Å². The number of sulfonamides is 1. The van der Waals surface area contributed by atoms with E-state index in [2.05, 4.69) is 9.71 Å². The highest BCUT2D eigenvalue weighted by Crippen LogP contribution is 1.96. The van der Waals surface area contributed by atoms with Gasteiger partial charge in [0, 0.05) is 13.2 Å². The Morgan fingerprint density at radius 2 is 2.35 bits per heavy atom. The molecule has 17 heavy (non-hydrogen) atoms. The van der Waals surface area contributed by atoms with Crippen molar-refractivity contribution in [1.29, 1.82) is 0 Å². The van der Waals surface area contributed by atoms with E-state index in [4.69, 9.17) is 10.8 Å². The van der Waals surface area contributed by atoms with Crippen molar-refractivity contribution < 1.29 is 18.3 Å². The van der Waals surface area contributed by atoms with Gasteiger partial charge in [-0.1, -0.05) is 0 Å². The van der Waals surface area contributed by atoms with Crippen molar-refractivity contribution in [2.24, 2.45) is 12.8 Å². The fraction of sp³-hybridized carbons (Fsp3) is 0.500. The van der Waals surface area contributed by atoms with E-state index in [0.717, 1.165) is 0 Å². The van der Waals surface area contributed by atoms with Gasteiger partial charge >= 0.3 is 5.97 Å². The average Bonchev–Trinajstić information content (AvgIpc) is 2.61. The van der Waals surface area contributed by atoms with E-state index in [1.807, 2.05) is 0 Å². The first-order chi connectivity index (χ1) is 7.80. The molecule has 4 N–H and O–H groups in total. The first-order valence-electron chi connectivity index (χ1n) is 4.73. The lowest BCUT2D eigenvalue weighted by Crippen LogP contribution is -2.41. The Hall–Kier alpha value is -1.45. The number of aliphatic carboxylic acids is 1. The average molecular weight is 262 g/mol. The number of carboxylic acids is 1. The number of carboxylic acid groups (broad SMARTS) is 1. The quantitative estimate of drug-likeness (QED) is 0.558. The zero-order chi connectivity index (χ0) is 13.1. The van der Waals surface area contributed by atoms with Crippen molar-refractivity contribution in [2.75, 3.05) is 5.75 Å². The minimum Gasteiger partial charge on any atom is -0.480 e. The van der Waals surface area contributed by atoms with Gasteiger partial charge in [-0.15, -0.1) is 0 Å². The van der Waals surface area contributed by atoms with Crippen LogP contribution in [0.2, 0.25) is 0 Å². The molecule has 8 nitrogen and oxygen atoms in total. The zero-order valence-electron chi connectivity index (χ0n) is 9.20. The van der Waals surface area contributed by atoms with E-state index in [1.54, 1.807) is 17.8 Å². The molecule has 0 aliphatic carbocycles. The summed E-state index contributed by atoms with van der Waals surface area (Å²) in [6.07, 6.45) is 3.19. The minimum absolute atomic E-state index is 0.00944. The Balaban J connectivity index is 2.53. The van der Waals surface area contributed by atoms with Crippen molar-refractivity contribution in [1.82, 2.24) is 14.3 Å². The molecule has 96 valence electrons. The third kappa shape index (κ3) is 4.51. The van der Waals surface area contributed by atoms with Crippen molar-refractivity contribution in [3.63, 3.8) is 0 Å². The van der Waals surface area contributed by atoms with Crippen molar-refractivity contribution in [2.45, 2.75) is 12.6 Å². The predicted molar refractivity (Wildman–Crippen MR) is 59.4 cm³/mol. The standard InChI is InChI=1S/C8H14N4O4S/c1-12-3-6(10-5-12)2-11-17(15,16)4-7(9)8(13)14/h3,5,7,11H,2,4,9H2,1H3,(H,13,14)/t7-/m0/s1. The summed E-state index contributed by atoms with van der Waals surface area (Å²) in [7, 11) is -1.96. The Bertz CT molecular complexity index is 495. The smallest absolute Gasteiger partial charge is 0.321 e. The fourth-order valence-corrected chi connectivity index (χ4v) is 2.21. The molecule has 1 aromatic heterocycles. The van der Waals surface area contributed by atoms with Crippen LogP contribution in [0.1, 0.15) is 5.69 Å². The molecule has 9 heteroatoms. The highest BCUT2D eigenvalue weighted by atomic mass is 32.2. The maximum Gasteiger partial charge on any atom is 0.321 e. The summed E-state index contributed by atoms with van der Waals surface area (Å²) >= 11 is 0. The number of carbonyl (C=O) groups is 1. The van der Waals surface area contributed by atoms with E-state index in [1.165, 1.54) is 6.33 Å². The summed E-state index contributed by atoms with van der Waals surface area (Å²) in [5, 5.41) is 8.50. The Kier molecular flexibility index (Phi) is 4.21. The maximum atomic E-state index is 11.4. The van der Waals surface area contributed by atoms with Crippen molar-refractivity contribution >= 4 is 16.0 Å². The predicted octanol–water partition coefficient (Wildman–Crippen LogP) is -1.75. The summed E-state index contributed by atoms with van der Waals surface area (Å²) < 4.78 is 26.8. The molecule has 1 aromatic rings. The van der Waals surface area contributed by atoms with Crippen LogP contribution in [0.3, 0.4) is 0 Å². The Morgan fingerprint density at radius 3 is 2.82 bits per heavy atom. The normalized spacial score (nSPS) is 13.5. The van der Waals surface area contributed by atoms with Gasteiger partial charge in [-0.2, -0.15) is 0 Å². The van der Waals surface area contributed by atoms with Crippen molar-refractivity contribution in [3.8, 4) is 0 Å². The Morgan fingerprint density at radius 1 is 1.71 bits per heavy atom. The Labute approximate surface area is 98.5 Å². The number of rotatable bonds is 6. The summed E-state index contributed by atoms with van der Waals surface area (Å²) in [6.45, 7) is 0.00944. The molecule has 0 unspecified atom stereocenters. The van der Waals surface area contributed by atoms with Gasteiger partial charge in [-0.3, -0.25) is 4.79 Å². The molecule has 0 aromatic carbocycles. The zero-order valence-corrected chi connectivity index (χ0v) is 10.0. The molecular weight excluding hydrogens is 248 g/mol. The van der Waals surface area contributed by atoms with E-state index in [-0.39, 0.29) is 6.54 Å². The van der Waals surface area contributed by atoms with Gasteiger partial charge in [-0.05, 0) is 0 Å². The van der Waals surface area contributed by atoms with Crippen LogP contribution in [0, 0.1) is 0 Å². The molecule has 0 saturated carbocycles. The number of hydrogen-bond donors (Lipinski definition) is 3. The van der Waals surface area contributed by atoms with Crippen LogP contribution in [0.15, 0.2) is 12.5 Å². The topological polar surface area (TPSA) is 127 Å². The number of imidazole rings is 1. The molecule has 0 bridgehead atoms. The van der Waals surface area contributed by atoms with Gasteiger partial charge < -0.3 is 15.4 Å². The van der Waals surface area contributed by atoms with E-state index < -0.39 is 27.8 Å². The lowest BCUT2D eigenvalue weighted by Gasteiger charge is -2.08. The van der Waals surface area contributed by atoms with Gasteiger partial charge in [0.2, 0.25) is 10.0 Å². The largest absolute Gasteiger partial charge is 0.480 e. The SMILES string of the molecule is Cn1cnc(CNS(=O)(=O)C[C@H](N)C(=O)O)c1. The minimum atomic E-state index is -3.72. The lowest BCUT2D eigenvalue weighted by atomic mass is 10.4. The second-order valence-electron chi connectivity index (χ2n) is 3.58. The van der Waals surface area contributed by atoms with E-state index in [0.29, 0.717) is 5.69 Å². The molecule has 0 aliphatic heterocycles. The molecule has 0 amide bonds. The number of aryl methyl sites for hydroxylation is 1. The van der Waals surface area contributed by atoms with Gasteiger partial charge in [0.25, 0.3) is 0 Å². The molecule has 0 saturated heterocycles. The monoisotopic (exact) mass is 262 g/mol. The van der Waals surface area contributed by atoms with Crippen LogP contribution in [-0.2, 0) is 28.4 Å². The van der Waals surface area contributed by atoms with Crippen LogP contribution < -0.4 is 10.5 Å². The highest BCUT2D eigenvalue weighted by molar-refractivity contribution is 7.89. The maximum absolute atomic E-state index is 11.4. The third-order valence-electron chi connectivity index (χ3n) is 1.95. The summed E-state index contributed by atoms with van der Waals surface area (Å²) in [4.78, 5) is 14.3. The second kappa shape index (κ2) is 5.25. The number of nitrogens with zero attached hydrogens (tertiary/aromatic N) is 2. The van der Waals surface area contributed by atoms with Crippen LogP contribution in [0.4, 0.5) is 0 Å². The molecule has 0 fully saturated rings. The number of nitrogens with one attached hydrogen (secondary N) is 1. The molecule has 1 heterocycles. The number of nitrogens with two attached hydrogens (primary N) is 1. The molecule has 0 spiro atoms. The summed E-state index contributed by atoms with van der Waals surface area (Å²) in [5.41, 5.74) is 5.68. The number of aromatic nitrogens is 2. The highest BCUT2D eigenvalue weighted by Gasteiger charge is 2.21. The number of hydrogen-bond acceptors (Lipinski definition) is 5. The lowest BCUT2D eigenvalue weighted by molar-refractivity contribution is -0.137. The summed E-state index contributed by atoms with van der Waals surface area (Å²) in [6, 6.07) is -1.43. The first kappa shape index (κ1) is 13.6. The van der Waals surface area contributed by atoms with Gasteiger partial charge in [-0.25, -0.2) is 18.1 Å². The van der Waals surface area contributed by atoms with E-state index >= 15 is 0 Å². The second-order valence-corrected chi connectivity index (χ2v) is 5.43. The molecular formula is C8H14N4O4S. The van der Waals surface area contributed by atoms with Crippen LogP contribution in [-0.4, -0.2) is 40.8 Å².